The lowest BCUT2D eigenvalue weighted by molar-refractivity contribution is -0.156. The largest absolute Gasteiger partial charge is 0.480 e. The maximum Gasteiger partial charge on any atom is 0.326 e. The van der Waals surface area contributed by atoms with Gasteiger partial charge in [-0.2, -0.15) is 11.8 Å². The predicted molar refractivity (Wildman–Crippen MR) is 71.6 cm³/mol. The Balaban J connectivity index is 2.18. The van der Waals surface area contributed by atoms with E-state index in [1.54, 1.807) is 4.90 Å². The third-order valence-corrected chi connectivity index (χ3v) is 4.75. The molecule has 1 aliphatic carbocycles. The van der Waals surface area contributed by atoms with Crippen LogP contribution in [0.15, 0.2) is 0 Å². The Kier molecular flexibility index (Phi) is 4.54. The number of amides is 1. The summed E-state index contributed by atoms with van der Waals surface area (Å²) in [5.74, 6) is 0.0904. The van der Waals surface area contributed by atoms with Crippen LogP contribution < -0.4 is 0 Å². The summed E-state index contributed by atoms with van der Waals surface area (Å²) in [7, 11) is 0. The number of nitrogens with zero attached hydrogens (tertiary/aromatic N) is 1. The average molecular weight is 271 g/mol. The van der Waals surface area contributed by atoms with Crippen molar-refractivity contribution in [2.24, 2.45) is 5.92 Å². The first-order valence-corrected chi connectivity index (χ1v) is 8.07. The molecule has 1 saturated carbocycles. The summed E-state index contributed by atoms with van der Waals surface area (Å²) < 4.78 is 0. The lowest BCUT2D eigenvalue weighted by atomic mass is 9.76. The second-order valence-electron chi connectivity index (χ2n) is 5.28. The minimum absolute atomic E-state index is 0.00602. The first kappa shape index (κ1) is 13.7. The number of hydrogen-bond donors (Lipinski definition) is 1. The maximum atomic E-state index is 12.2. The number of rotatable bonds is 3. The second-order valence-corrected chi connectivity index (χ2v) is 6.14. The smallest absolute Gasteiger partial charge is 0.326 e. The molecule has 1 aliphatic heterocycles. The van der Waals surface area contributed by atoms with Crippen molar-refractivity contribution in [1.82, 2.24) is 4.90 Å². The maximum absolute atomic E-state index is 12.2. The number of aliphatic carboxylic acids is 1. The van der Waals surface area contributed by atoms with Gasteiger partial charge < -0.3 is 10.0 Å². The van der Waals surface area contributed by atoms with E-state index in [1.807, 2.05) is 6.26 Å². The number of hydrogen-bond acceptors (Lipinski definition) is 3. The summed E-state index contributed by atoms with van der Waals surface area (Å²) in [4.78, 5) is 25.3. The van der Waals surface area contributed by atoms with Gasteiger partial charge in [0.25, 0.3) is 0 Å². The molecule has 0 aromatic carbocycles. The van der Waals surface area contributed by atoms with Gasteiger partial charge in [-0.1, -0.05) is 12.8 Å². The van der Waals surface area contributed by atoms with E-state index < -0.39 is 12.0 Å². The van der Waals surface area contributed by atoms with E-state index >= 15 is 0 Å². The first-order chi connectivity index (χ1) is 8.65. The van der Waals surface area contributed by atoms with Crippen LogP contribution in [-0.4, -0.2) is 46.0 Å². The van der Waals surface area contributed by atoms with Crippen LogP contribution in [0.2, 0.25) is 0 Å². The van der Waals surface area contributed by atoms with Crippen molar-refractivity contribution < 1.29 is 14.7 Å². The van der Waals surface area contributed by atoms with Crippen molar-refractivity contribution in [3.63, 3.8) is 0 Å². The van der Waals surface area contributed by atoms with Crippen LogP contribution in [0, 0.1) is 5.92 Å². The minimum atomic E-state index is -0.839. The van der Waals surface area contributed by atoms with Gasteiger partial charge in [0, 0.05) is 6.04 Å². The average Bonchev–Trinajstić information content (AvgIpc) is 2.37. The fourth-order valence-corrected chi connectivity index (χ4v) is 3.83. The van der Waals surface area contributed by atoms with Crippen molar-refractivity contribution in [2.75, 3.05) is 12.0 Å². The van der Waals surface area contributed by atoms with E-state index in [-0.39, 0.29) is 11.9 Å². The fraction of sp³-hybridized carbons (Fsp3) is 0.846. The van der Waals surface area contributed by atoms with Crippen LogP contribution in [0.25, 0.3) is 0 Å². The molecule has 1 N–H and O–H groups in total. The van der Waals surface area contributed by atoms with Gasteiger partial charge in [0.1, 0.15) is 6.04 Å². The zero-order valence-electron chi connectivity index (χ0n) is 10.8. The number of piperidine rings is 1. The third kappa shape index (κ3) is 2.66. The molecule has 2 aliphatic rings. The van der Waals surface area contributed by atoms with Crippen LogP contribution >= 0.6 is 11.8 Å². The van der Waals surface area contributed by atoms with Gasteiger partial charge in [-0.3, -0.25) is 4.79 Å². The number of likely N-dealkylation sites (tertiary alicyclic amines) is 1. The number of carboxylic acids is 1. The summed E-state index contributed by atoms with van der Waals surface area (Å²) in [6.07, 6.45) is 7.95. The molecule has 3 atom stereocenters. The molecular weight excluding hydrogens is 250 g/mol. The van der Waals surface area contributed by atoms with Gasteiger partial charge in [0.05, 0.1) is 5.75 Å². The highest BCUT2D eigenvalue weighted by atomic mass is 32.2. The molecule has 2 fully saturated rings. The molecule has 4 nitrogen and oxygen atoms in total. The molecule has 0 aromatic rings. The molecule has 0 spiro atoms. The molecule has 18 heavy (non-hydrogen) atoms. The molecule has 2 rings (SSSR count). The molecule has 1 saturated heterocycles. The van der Waals surface area contributed by atoms with E-state index in [4.69, 9.17) is 0 Å². The molecule has 5 heteroatoms. The number of carbonyl (C=O) groups excluding carboxylic acids is 1. The van der Waals surface area contributed by atoms with E-state index in [0.29, 0.717) is 18.1 Å². The standard InChI is InChI=1S/C13H21NO3S/c1-18-8-12(15)14-10-5-3-2-4-9(10)6-7-11(14)13(16)17/h9-11H,2-8H2,1H3,(H,16,17). The summed E-state index contributed by atoms with van der Waals surface area (Å²) in [6.45, 7) is 0. The van der Waals surface area contributed by atoms with Crippen molar-refractivity contribution in [2.45, 2.75) is 50.6 Å². The van der Waals surface area contributed by atoms with E-state index in [1.165, 1.54) is 18.2 Å². The number of fused-ring (bicyclic) bond motifs is 1. The van der Waals surface area contributed by atoms with Crippen molar-refractivity contribution >= 4 is 23.6 Å². The minimum Gasteiger partial charge on any atom is -0.480 e. The Labute approximate surface area is 112 Å². The van der Waals surface area contributed by atoms with Gasteiger partial charge in [0.15, 0.2) is 0 Å². The van der Waals surface area contributed by atoms with E-state index in [0.717, 1.165) is 25.7 Å². The van der Waals surface area contributed by atoms with Crippen LogP contribution in [0.5, 0.6) is 0 Å². The molecule has 1 heterocycles. The monoisotopic (exact) mass is 271 g/mol. The summed E-state index contributed by atoms with van der Waals surface area (Å²) in [5.41, 5.74) is 0. The molecule has 0 bridgehead atoms. The Morgan fingerprint density at radius 1 is 1.22 bits per heavy atom. The van der Waals surface area contributed by atoms with Crippen LogP contribution in [0.3, 0.4) is 0 Å². The molecule has 3 unspecified atom stereocenters. The van der Waals surface area contributed by atoms with Crippen LogP contribution in [0.4, 0.5) is 0 Å². The van der Waals surface area contributed by atoms with Gasteiger partial charge >= 0.3 is 5.97 Å². The lowest BCUT2D eigenvalue weighted by Crippen LogP contribution is -2.57. The molecular formula is C13H21NO3S. The van der Waals surface area contributed by atoms with Gasteiger partial charge in [-0.25, -0.2) is 4.79 Å². The Hall–Kier alpha value is -0.710. The van der Waals surface area contributed by atoms with Crippen molar-refractivity contribution in [1.29, 1.82) is 0 Å². The third-order valence-electron chi connectivity index (χ3n) is 4.21. The summed E-state index contributed by atoms with van der Waals surface area (Å²) in [6, 6.07) is -0.419. The Morgan fingerprint density at radius 2 is 1.94 bits per heavy atom. The highest BCUT2D eigenvalue weighted by molar-refractivity contribution is 7.99. The van der Waals surface area contributed by atoms with Crippen LogP contribution in [0.1, 0.15) is 38.5 Å². The van der Waals surface area contributed by atoms with E-state index in [2.05, 4.69) is 0 Å². The fourth-order valence-electron chi connectivity index (χ4n) is 3.43. The quantitative estimate of drug-likeness (QED) is 0.853. The number of carboxylic acid groups (broad SMARTS) is 1. The Bertz CT molecular complexity index is 334. The topological polar surface area (TPSA) is 57.6 Å². The highest BCUT2D eigenvalue weighted by Crippen LogP contribution is 2.38. The van der Waals surface area contributed by atoms with Crippen molar-refractivity contribution in [3.05, 3.63) is 0 Å². The van der Waals surface area contributed by atoms with Gasteiger partial charge in [0.2, 0.25) is 5.91 Å². The zero-order valence-corrected chi connectivity index (χ0v) is 11.6. The first-order valence-electron chi connectivity index (χ1n) is 6.68. The van der Waals surface area contributed by atoms with E-state index in [9.17, 15) is 14.7 Å². The summed E-state index contributed by atoms with van der Waals surface area (Å²) >= 11 is 1.47. The van der Waals surface area contributed by atoms with Gasteiger partial charge in [-0.05, 0) is 37.9 Å². The van der Waals surface area contributed by atoms with Gasteiger partial charge in [-0.15, -0.1) is 0 Å². The summed E-state index contributed by atoms with van der Waals surface area (Å²) in [5, 5.41) is 9.32. The Morgan fingerprint density at radius 3 is 2.61 bits per heavy atom. The normalized spacial score (nSPS) is 31.8. The number of carbonyl (C=O) groups is 2. The number of thioether (sulfide) groups is 1. The second kappa shape index (κ2) is 5.95. The molecule has 1 amide bonds. The lowest BCUT2D eigenvalue weighted by Gasteiger charge is -2.47. The zero-order chi connectivity index (χ0) is 13.1. The van der Waals surface area contributed by atoms with Crippen LogP contribution in [-0.2, 0) is 9.59 Å². The molecule has 0 radical (unpaired) electrons. The SMILES string of the molecule is CSCC(=O)N1C(C(=O)O)CCC2CCCCC21. The highest BCUT2D eigenvalue weighted by Gasteiger charge is 2.43. The predicted octanol–water partition coefficient (Wildman–Crippen LogP) is 1.98. The van der Waals surface area contributed by atoms with Crippen molar-refractivity contribution in [3.8, 4) is 0 Å². The molecule has 0 aromatic heterocycles. The molecule has 102 valence electrons.